The minimum Gasteiger partial charge on any atom is -0.457 e. The van der Waals surface area contributed by atoms with E-state index in [2.05, 4.69) is 30.2 Å². The molecule has 1 atom stereocenters. The van der Waals surface area contributed by atoms with Gasteiger partial charge in [-0.25, -0.2) is 9.48 Å². The number of hydrogen-bond acceptors (Lipinski definition) is 7. The number of ether oxygens (including phenoxy) is 1. The van der Waals surface area contributed by atoms with Gasteiger partial charge in [-0.15, -0.1) is 16.4 Å². The summed E-state index contributed by atoms with van der Waals surface area (Å²) < 4.78 is 7.54. The molecule has 1 unspecified atom stereocenters. The van der Waals surface area contributed by atoms with Crippen LogP contribution >= 0.6 is 23.1 Å². The Labute approximate surface area is 190 Å². The number of thiophene rings is 1. The summed E-state index contributed by atoms with van der Waals surface area (Å²) in [7, 11) is 0. The van der Waals surface area contributed by atoms with Crippen molar-refractivity contribution in [1.82, 2.24) is 14.8 Å². The molecule has 0 aliphatic carbocycles. The van der Waals surface area contributed by atoms with Crippen molar-refractivity contribution in [1.29, 1.82) is 0 Å². The molecule has 0 fully saturated rings. The van der Waals surface area contributed by atoms with E-state index in [-0.39, 0.29) is 18.6 Å². The average molecular weight is 455 g/mol. The van der Waals surface area contributed by atoms with Crippen LogP contribution < -0.4 is 5.32 Å². The number of thioether (sulfide) groups is 1. The molecule has 0 spiro atoms. The number of nitrogens with zero attached hydrogens (tertiary/aromatic N) is 3. The highest BCUT2D eigenvalue weighted by molar-refractivity contribution is 7.99. The van der Waals surface area contributed by atoms with Gasteiger partial charge in [-0.1, -0.05) is 55.4 Å². The zero-order valence-corrected chi connectivity index (χ0v) is 19.6. The summed E-state index contributed by atoms with van der Waals surface area (Å²) in [6.45, 7) is 6.36. The van der Waals surface area contributed by atoms with Gasteiger partial charge in [0.15, 0.2) is 0 Å². The standard InChI is InChI=1S/C23H26N4O2S2/c1-4-5-12-31-23-25-22-24-16(3)18(21(28)29-14-17-9-7-6-8-10-17)19(27(22)26-23)20-15(2)11-13-30-20/h6-11,13,19H,4-5,12,14H2,1-3H3,(H,24,25,26). The van der Waals surface area contributed by atoms with E-state index in [1.54, 1.807) is 23.1 Å². The molecule has 0 radical (unpaired) electrons. The second-order valence-electron chi connectivity index (χ2n) is 7.46. The number of carbonyl (C=O) groups is 1. The normalized spacial score (nSPS) is 15.5. The van der Waals surface area contributed by atoms with E-state index < -0.39 is 0 Å². The van der Waals surface area contributed by atoms with Gasteiger partial charge in [-0.3, -0.25) is 0 Å². The van der Waals surface area contributed by atoms with Crippen LogP contribution in [-0.4, -0.2) is 26.5 Å². The summed E-state index contributed by atoms with van der Waals surface area (Å²) in [4.78, 5) is 19.0. The molecule has 1 aromatic carbocycles. The van der Waals surface area contributed by atoms with E-state index in [0.29, 0.717) is 11.5 Å². The summed E-state index contributed by atoms with van der Waals surface area (Å²) in [6, 6.07) is 11.4. The fourth-order valence-corrected chi connectivity index (χ4v) is 5.40. The highest BCUT2D eigenvalue weighted by atomic mass is 32.2. The Hall–Kier alpha value is -2.58. The van der Waals surface area contributed by atoms with Crippen molar-refractivity contribution in [2.45, 2.75) is 51.4 Å². The molecule has 3 heterocycles. The summed E-state index contributed by atoms with van der Waals surface area (Å²) >= 11 is 3.27. The van der Waals surface area contributed by atoms with Crippen molar-refractivity contribution >= 4 is 35.0 Å². The van der Waals surface area contributed by atoms with E-state index in [9.17, 15) is 4.79 Å². The molecule has 6 nitrogen and oxygen atoms in total. The monoisotopic (exact) mass is 454 g/mol. The Morgan fingerprint density at radius 2 is 2.06 bits per heavy atom. The van der Waals surface area contributed by atoms with Gasteiger partial charge >= 0.3 is 5.97 Å². The van der Waals surface area contributed by atoms with Crippen LogP contribution in [0.2, 0.25) is 0 Å². The Balaban J connectivity index is 1.65. The second kappa shape index (κ2) is 9.70. The third kappa shape index (κ3) is 4.70. The van der Waals surface area contributed by atoms with Crippen molar-refractivity contribution in [2.24, 2.45) is 0 Å². The van der Waals surface area contributed by atoms with E-state index in [1.165, 1.54) is 0 Å². The van der Waals surface area contributed by atoms with E-state index in [0.717, 1.165) is 45.5 Å². The minimum atomic E-state index is -0.354. The summed E-state index contributed by atoms with van der Waals surface area (Å²) in [5, 5.41) is 10.8. The molecule has 2 aromatic heterocycles. The first kappa shape index (κ1) is 21.6. The smallest absolute Gasteiger partial charge is 0.338 e. The highest BCUT2D eigenvalue weighted by Crippen LogP contribution is 2.40. The predicted octanol–water partition coefficient (Wildman–Crippen LogP) is 5.57. The van der Waals surface area contributed by atoms with Crippen LogP contribution in [0.15, 0.2) is 58.2 Å². The first-order chi connectivity index (χ1) is 15.1. The van der Waals surface area contributed by atoms with Crippen molar-refractivity contribution in [2.75, 3.05) is 11.1 Å². The Morgan fingerprint density at radius 1 is 1.26 bits per heavy atom. The SMILES string of the molecule is CCCCSc1nc2n(n1)C(c1sccc1C)C(C(=O)OCc1ccccc1)=C(C)N2. The Bertz CT molecular complexity index is 1090. The highest BCUT2D eigenvalue weighted by Gasteiger charge is 2.36. The number of nitrogens with one attached hydrogen (secondary N) is 1. The number of hydrogen-bond donors (Lipinski definition) is 1. The van der Waals surface area contributed by atoms with Gasteiger partial charge in [0.05, 0.1) is 5.57 Å². The van der Waals surface area contributed by atoms with Crippen LogP contribution in [0.1, 0.15) is 48.7 Å². The minimum absolute atomic E-state index is 0.231. The van der Waals surface area contributed by atoms with E-state index in [4.69, 9.17) is 9.84 Å². The molecule has 0 bridgehead atoms. The lowest BCUT2D eigenvalue weighted by molar-refractivity contribution is -0.140. The van der Waals surface area contributed by atoms with Crippen LogP contribution in [0.5, 0.6) is 0 Å². The number of fused-ring (bicyclic) bond motifs is 1. The van der Waals surface area contributed by atoms with Crippen LogP contribution in [0.3, 0.4) is 0 Å². The zero-order valence-electron chi connectivity index (χ0n) is 17.9. The molecule has 8 heteroatoms. The molecule has 0 saturated heterocycles. The summed E-state index contributed by atoms with van der Waals surface area (Å²) in [6.07, 6.45) is 2.25. The molecule has 1 aliphatic rings. The van der Waals surface area contributed by atoms with Crippen molar-refractivity contribution in [3.63, 3.8) is 0 Å². The van der Waals surface area contributed by atoms with Crippen LogP contribution in [0, 0.1) is 6.92 Å². The molecule has 3 aromatic rings. The second-order valence-corrected chi connectivity index (χ2v) is 9.47. The van der Waals surface area contributed by atoms with Crippen LogP contribution in [0.4, 0.5) is 5.95 Å². The number of allylic oxidation sites excluding steroid dienone is 1. The van der Waals surface area contributed by atoms with Gasteiger partial charge in [0, 0.05) is 16.3 Å². The number of aromatic nitrogens is 3. The van der Waals surface area contributed by atoms with Gasteiger partial charge in [-0.05, 0) is 42.8 Å². The molecule has 162 valence electrons. The first-order valence-corrected chi connectivity index (χ1v) is 12.3. The zero-order chi connectivity index (χ0) is 21.8. The number of carbonyl (C=O) groups excluding carboxylic acids is 1. The van der Waals surface area contributed by atoms with E-state index in [1.807, 2.05) is 47.3 Å². The summed E-state index contributed by atoms with van der Waals surface area (Å²) in [5.74, 6) is 1.29. The third-order valence-electron chi connectivity index (χ3n) is 5.14. The predicted molar refractivity (Wildman–Crippen MR) is 125 cm³/mol. The summed E-state index contributed by atoms with van der Waals surface area (Å²) in [5.41, 5.74) is 3.40. The van der Waals surface area contributed by atoms with E-state index >= 15 is 0 Å². The first-order valence-electron chi connectivity index (χ1n) is 10.4. The maximum absolute atomic E-state index is 13.2. The third-order valence-corrected chi connectivity index (χ3v) is 7.14. The quantitative estimate of drug-likeness (QED) is 0.272. The molecule has 4 rings (SSSR count). The van der Waals surface area contributed by atoms with Crippen molar-refractivity contribution in [3.8, 4) is 0 Å². The maximum Gasteiger partial charge on any atom is 0.338 e. The molecular formula is C23H26N4O2S2. The molecular weight excluding hydrogens is 428 g/mol. The maximum atomic E-state index is 13.2. The van der Waals surface area contributed by atoms with Crippen LogP contribution in [0.25, 0.3) is 0 Å². The topological polar surface area (TPSA) is 69.0 Å². The Morgan fingerprint density at radius 3 is 2.77 bits per heavy atom. The lowest BCUT2D eigenvalue weighted by Gasteiger charge is -2.27. The largest absolute Gasteiger partial charge is 0.457 e. The lowest BCUT2D eigenvalue weighted by Crippen LogP contribution is -2.29. The Kier molecular flexibility index (Phi) is 6.77. The number of anilines is 1. The fraction of sp³-hybridized carbons (Fsp3) is 0.348. The molecule has 31 heavy (non-hydrogen) atoms. The number of esters is 1. The van der Waals surface area contributed by atoms with Gasteiger partial charge in [0.25, 0.3) is 0 Å². The lowest BCUT2D eigenvalue weighted by atomic mass is 10.00. The van der Waals surface area contributed by atoms with Gasteiger partial charge in [0.1, 0.15) is 12.6 Å². The molecule has 1 aliphatic heterocycles. The number of unbranched alkanes of at least 4 members (excludes halogenated alkanes) is 1. The number of aryl methyl sites for hydroxylation is 1. The van der Waals surface area contributed by atoms with Gasteiger partial charge < -0.3 is 10.1 Å². The van der Waals surface area contributed by atoms with Gasteiger partial charge in [0.2, 0.25) is 11.1 Å². The fourth-order valence-electron chi connectivity index (χ4n) is 3.47. The average Bonchev–Trinajstić information content (AvgIpc) is 3.37. The molecule has 0 saturated carbocycles. The molecule has 0 amide bonds. The molecule has 1 N–H and O–H groups in total. The van der Waals surface area contributed by atoms with Crippen molar-refractivity contribution < 1.29 is 9.53 Å². The number of rotatable bonds is 8. The van der Waals surface area contributed by atoms with Crippen molar-refractivity contribution in [3.05, 3.63) is 69.1 Å². The van der Waals surface area contributed by atoms with Gasteiger partial charge in [-0.2, -0.15) is 4.98 Å². The van der Waals surface area contributed by atoms with Crippen LogP contribution in [-0.2, 0) is 16.1 Å². The number of benzene rings is 1.